The minimum Gasteiger partial charge on any atom is -0.382 e. The number of aromatic amines is 1. The molecule has 5 rings (SSSR count). The standard InChI is InChI=1S/C24H19ClFN5O2/c25-13-4-6-14(7-5-13)28-22(32)24(10-11-24)23(33)29-15-8-9-16(18(26)12-15)17-2-1-3-19-20(17)21(27)31-30-19/h1-9,12H,10-11H2,(H,28,32)(H,29,33)(H3,27,30,31). The lowest BCUT2D eigenvalue weighted by atomic mass is 10.00. The Morgan fingerprint density at radius 1 is 0.970 bits per heavy atom. The first-order valence-corrected chi connectivity index (χ1v) is 10.7. The van der Waals surface area contributed by atoms with Gasteiger partial charge in [-0.15, -0.1) is 0 Å². The second-order valence-corrected chi connectivity index (χ2v) is 8.47. The second-order valence-electron chi connectivity index (χ2n) is 8.03. The number of nitrogens with two attached hydrogens (primary N) is 1. The minimum atomic E-state index is -1.17. The molecule has 1 heterocycles. The van der Waals surface area contributed by atoms with Crippen LogP contribution in [0.1, 0.15) is 12.8 Å². The number of carbonyl (C=O) groups excluding carboxylic acids is 2. The van der Waals surface area contributed by atoms with E-state index in [1.165, 1.54) is 6.07 Å². The van der Waals surface area contributed by atoms with Gasteiger partial charge in [-0.2, -0.15) is 5.10 Å². The molecule has 1 fully saturated rings. The van der Waals surface area contributed by atoms with E-state index < -0.39 is 23.0 Å². The van der Waals surface area contributed by atoms with Gasteiger partial charge in [0, 0.05) is 22.0 Å². The van der Waals surface area contributed by atoms with Crippen molar-refractivity contribution < 1.29 is 14.0 Å². The van der Waals surface area contributed by atoms with Crippen molar-refractivity contribution in [2.24, 2.45) is 5.41 Å². The van der Waals surface area contributed by atoms with Crippen molar-refractivity contribution in [2.75, 3.05) is 16.4 Å². The van der Waals surface area contributed by atoms with Crippen molar-refractivity contribution in [1.29, 1.82) is 0 Å². The fourth-order valence-electron chi connectivity index (χ4n) is 3.85. The van der Waals surface area contributed by atoms with Crippen LogP contribution < -0.4 is 16.4 Å². The highest BCUT2D eigenvalue weighted by Crippen LogP contribution is 2.47. The maximum atomic E-state index is 15.0. The van der Waals surface area contributed by atoms with Crippen LogP contribution >= 0.6 is 11.6 Å². The largest absolute Gasteiger partial charge is 0.382 e. The molecule has 1 aliphatic carbocycles. The molecule has 0 bridgehead atoms. The van der Waals surface area contributed by atoms with Gasteiger partial charge < -0.3 is 16.4 Å². The number of benzene rings is 3. The zero-order valence-corrected chi connectivity index (χ0v) is 18.0. The van der Waals surface area contributed by atoms with E-state index in [0.717, 1.165) is 0 Å². The highest BCUT2D eigenvalue weighted by atomic mass is 35.5. The summed E-state index contributed by atoms with van der Waals surface area (Å²) in [6.07, 6.45) is 0.834. The van der Waals surface area contributed by atoms with Crippen LogP contribution in [0.25, 0.3) is 22.0 Å². The van der Waals surface area contributed by atoms with Crippen LogP contribution in [0, 0.1) is 11.2 Å². The number of anilines is 3. The quantitative estimate of drug-likeness (QED) is 0.313. The number of hydrogen-bond donors (Lipinski definition) is 4. The van der Waals surface area contributed by atoms with Gasteiger partial charge in [0.1, 0.15) is 11.2 Å². The number of rotatable bonds is 5. The lowest BCUT2D eigenvalue weighted by Crippen LogP contribution is -2.35. The summed E-state index contributed by atoms with van der Waals surface area (Å²) in [4.78, 5) is 25.6. The first-order valence-electron chi connectivity index (χ1n) is 10.3. The molecule has 1 aliphatic rings. The molecule has 166 valence electrons. The Kier molecular flexibility index (Phi) is 5.02. The Hall–Kier alpha value is -3.91. The number of hydrogen-bond acceptors (Lipinski definition) is 4. The van der Waals surface area contributed by atoms with Crippen LogP contribution in [0.4, 0.5) is 21.6 Å². The summed E-state index contributed by atoms with van der Waals surface area (Å²) in [7, 11) is 0. The number of halogens is 2. The zero-order valence-electron chi connectivity index (χ0n) is 17.3. The molecular formula is C24H19ClFN5O2. The van der Waals surface area contributed by atoms with Crippen molar-refractivity contribution in [1.82, 2.24) is 10.2 Å². The van der Waals surface area contributed by atoms with E-state index in [1.807, 2.05) is 0 Å². The number of nitrogens with one attached hydrogen (secondary N) is 3. The molecule has 9 heteroatoms. The average molecular weight is 464 g/mol. The third-order valence-corrected chi connectivity index (χ3v) is 6.11. The molecule has 0 radical (unpaired) electrons. The summed E-state index contributed by atoms with van der Waals surface area (Å²) < 4.78 is 15.0. The molecule has 0 saturated heterocycles. The number of aromatic nitrogens is 2. The fourth-order valence-corrected chi connectivity index (χ4v) is 3.98. The second kappa shape index (κ2) is 7.90. The lowest BCUT2D eigenvalue weighted by Gasteiger charge is -2.16. The number of carbonyl (C=O) groups is 2. The van der Waals surface area contributed by atoms with Gasteiger partial charge in [-0.05, 0) is 66.9 Å². The molecule has 5 N–H and O–H groups in total. The van der Waals surface area contributed by atoms with Gasteiger partial charge in [-0.3, -0.25) is 14.7 Å². The molecular weight excluding hydrogens is 445 g/mol. The number of nitrogen functional groups attached to an aromatic ring is 1. The molecule has 2 amide bonds. The van der Waals surface area contributed by atoms with Crippen molar-refractivity contribution in [3.05, 3.63) is 71.5 Å². The van der Waals surface area contributed by atoms with Crippen LogP contribution in [-0.4, -0.2) is 22.0 Å². The Bertz CT molecular complexity index is 1400. The average Bonchev–Trinajstić information content (AvgIpc) is 3.53. The van der Waals surface area contributed by atoms with Gasteiger partial charge >= 0.3 is 0 Å². The van der Waals surface area contributed by atoms with Crippen LogP contribution in [0.15, 0.2) is 60.7 Å². The maximum absolute atomic E-state index is 15.0. The number of fused-ring (bicyclic) bond motifs is 1. The first-order chi connectivity index (χ1) is 15.9. The summed E-state index contributed by atoms with van der Waals surface area (Å²) in [6.45, 7) is 0. The smallest absolute Gasteiger partial charge is 0.240 e. The van der Waals surface area contributed by atoms with Crippen LogP contribution in [0.5, 0.6) is 0 Å². The maximum Gasteiger partial charge on any atom is 0.240 e. The van der Waals surface area contributed by atoms with E-state index in [2.05, 4.69) is 20.8 Å². The van der Waals surface area contributed by atoms with Gasteiger partial charge in [-0.25, -0.2) is 4.39 Å². The summed E-state index contributed by atoms with van der Waals surface area (Å²) in [5, 5.41) is 13.4. The molecule has 0 spiro atoms. The molecule has 1 saturated carbocycles. The normalized spacial score (nSPS) is 14.1. The zero-order chi connectivity index (χ0) is 23.2. The molecule has 0 aliphatic heterocycles. The summed E-state index contributed by atoms with van der Waals surface area (Å²) in [6, 6.07) is 16.4. The predicted molar refractivity (Wildman–Crippen MR) is 126 cm³/mol. The van der Waals surface area contributed by atoms with Gasteiger partial charge in [-0.1, -0.05) is 23.7 Å². The third-order valence-electron chi connectivity index (χ3n) is 5.86. The number of nitrogens with zero attached hydrogens (tertiary/aromatic N) is 1. The van der Waals surface area contributed by atoms with Crippen LogP contribution in [-0.2, 0) is 9.59 Å². The van der Waals surface area contributed by atoms with Gasteiger partial charge in [0.2, 0.25) is 11.8 Å². The predicted octanol–water partition coefficient (Wildman–Crippen LogP) is 4.96. The van der Waals surface area contributed by atoms with E-state index in [0.29, 0.717) is 45.6 Å². The topological polar surface area (TPSA) is 113 Å². The van der Waals surface area contributed by atoms with E-state index in [9.17, 15) is 9.59 Å². The Morgan fingerprint density at radius 2 is 1.64 bits per heavy atom. The minimum absolute atomic E-state index is 0.263. The number of amides is 2. The Balaban J connectivity index is 1.35. The SMILES string of the molecule is Nc1n[nH]c2cccc(-c3ccc(NC(=O)C4(C(=O)Nc5ccc(Cl)cc5)CC4)cc3F)c12. The van der Waals surface area contributed by atoms with E-state index in [-0.39, 0.29) is 11.5 Å². The van der Waals surface area contributed by atoms with Gasteiger partial charge in [0.15, 0.2) is 5.82 Å². The van der Waals surface area contributed by atoms with E-state index in [4.69, 9.17) is 17.3 Å². The molecule has 0 unspecified atom stereocenters. The molecule has 7 nitrogen and oxygen atoms in total. The summed E-state index contributed by atoms with van der Waals surface area (Å²) in [5.41, 5.74) is 7.19. The van der Waals surface area contributed by atoms with Crippen LogP contribution in [0.3, 0.4) is 0 Å². The molecule has 33 heavy (non-hydrogen) atoms. The fraction of sp³-hybridized carbons (Fsp3) is 0.125. The van der Waals surface area contributed by atoms with Crippen LogP contribution in [0.2, 0.25) is 5.02 Å². The van der Waals surface area contributed by atoms with Crippen molar-refractivity contribution in [3.63, 3.8) is 0 Å². The molecule has 4 aromatic rings. The Morgan fingerprint density at radius 3 is 2.30 bits per heavy atom. The summed E-state index contributed by atoms with van der Waals surface area (Å²) in [5.74, 6) is -1.13. The van der Waals surface area contributed by atoms with Crippen molar-refractivity contribution >= 4 is 51.5 Å². The summed E-state index contributed by atoms with van der Waals surface area (Å²) >= 11 is 5.87. The van der Waals surface area contributed by atoms with Crippen molar-refractivity contribution in [2.45, 2.75) is 12.8 Å². The first kappa shape index (κ1) is 21.0. The Labute approximate surface area is 193 Å². The van der Waals surface area contributed by atoms with Gasteiger partial charge in [0.05, 0.1) is 10.9 Å². The van der Waals surface area contributed by atoms with E-state index >= 15 is 4.39 Å². The van der Waals surface area contributed by atoms with E-state index in [1.54, 1.807) is 54.6 Å². The molecule has 3 aromatic carbocycles. The highest BCUT2D eigenvalue weighted by molar-refractivity contribution is 6.30. The van der Waals surface area contributed by atoms with Crippen molar-refractivity contribution in [3.8, 4) is 11.1 Å². The number of H-pyrrole nitrogens is 1. The third kappa shape index (κ3) is 3.78. The molecule has 0 atom stereocenters. The molecule has 1 aromatic heterocycles. The highest BCUT2D eigenvalue weighted by Gasteiger charge is 2.56. The lowest BCUT2D eigenvalue weighted by molar-refractivity contribution is -0.131. The van der Waals surface area contributed by atoms with Gasteiger partial charge in [0.25, 0.3) is 0 Å². The monoisotopic (exact) mass is 463 g/mol.